The fourth-order valence-corrected chi connectivity index (χ4v) is 2.19. The molecule has 3 rings (SSSR count). The van der Waals surface area contributed by atoms with Crippen LogP contribution in [0.2, 0.25) is 0 Å². The molecule has 2 aromatic rings. The highest BCUT2D eigenvalue weighted by molar-refractivity contribution is 6.20. The third kappa shape index (κ3) is 2.93. The van der Waals surface area contributed by atoms with Crippen LogP contribution in [0.15, 0.2) is 48.5 Å². The summed E-state index contributed by atoms with van der Waals surface area (Å²) in [5.41, 5.74) is 1.48. The molecule has 23 heavy (non-hydrogen) atoms. The van der Waals surface area contributed by atoms with Gasteiger partial charge in [0.05, 0.1) is 18.2 Å². The smallest absolute Gasteiger partial charge is 0.285 e. The van der Waals surface area contributed by atoms with Crippen LogP contribution in [-0.4, -0.2) is 30.6 Å². The van der Waals surface area contributed by atoms with E-state index in [1.165, 1.54) is 0 Å². The van der Waals surface area contributed by atoms with Crippen LogP contribution in [0.4, 0.5) is 0 Å². The van der Waals surface area contributed by atoms with Crippen molar-refractivity contribution >= 4 is 11.8 Å². The molecule has 1 aliphatic heterocycles. The fourth-order valence-electron chi connectivity index (χ4n) is 2.19. The number of rotatable bonds is 3. The lowest BCUT2D eigenvalue weighted by molar-refractivity contribution is -0.0782. The predicted molar refractivity (Wildman–Crippen MR) is 82.8 cm³/mol. The number of fused-ring (bicyclic) bond motifs is 1. The molecule has 0 fully saturated rings. The number of benzene rings is 2. The molecule has 0 aliphatic carbocycles. The maximum atomic E-state index is 12.1. The quantitative estimate of drug-likeness (QED) is 0.645. The summed E-state index contributed by atoms with van der Waals surface area (Å²) >= 11 is 0. The monoisotopic (exact) mass is 307 g/mol. The highest BCUT2D eigenvalue weighted by atomic mass is 16.7. The van der Waals surface area contributed by atoms with Crippen LogP contribution in [-0.2, 0) is 4.84 Å². The maximum Gasteiger partial charge on any atom is 0.285 e. The predicted octanol–water partition coefficient (Wildman–Crippen LogP) is 2.27. The second-order valence-electron chi connectivity index (χ2n) is 4.75. The van der Waals surface area contributed by atoms with Gasteiger partial charge in [0, 0.05) is 5.56 Å². The Kier molecular flexibility index (Phi) is 4.09. The number of hydrogen-bond acceptors (Lipinski definition) is 4. The number of imide groups is 1. The first-order chi connectivity index (χ1) is 11.2. The highest BCUT2D eigenvalue weighted by Gasteiger charge is 2.36. The van der Waals surface area contributed by atoms with Gasteiger partial charge in [-0.2, -0.15) is 0 Å². The molecule has 0 N–H and O–H groups in total. The Morgan fingerprint density at radius 1 is 0.957 bits per heavy atom. The van der Waals surface area contributed by atoms with Crippen molar-refractivity contribution in [2.75, 3.05) is 13.7 Å². The molecule has 5 nitrogen and oxygen atoms in total. The van der Waals surface area contributed by atoms with Crippen LogP contribution in [0.25, 0.3) is 0 Å². The van der Waals surface area contributed by atoms with Gasteiger partial charge in [-0.3, -0.25) is 9.59 Å². The Hall–Kier alpha value is -3.10. The zero-order chi connectivity index (χ0) is 16.2. The number of ether oxygens (including phenoxy) is 1. The molecule has 0 bridgehead atoms. The van der Waals surface area contributed by atoms with E-state index in [1.54, 1.807) is 43.5 Å². The molecule has 0 unspecified atom stereocenters. The summed E-state index contributed by atoms with van der Waals surface area (Å²) in [4.78, 5) is 29.3. The van der Waals surface area contributed by atoms with E-state index in [0.717, 1.165) is 16.4 Å². The van der Waals surface area contributed by atoms with E-state index in [9.17, 15) is 9.59 Å². The van der Waals surface area contributed by atoms with Crippen molar-refractivity contribution < 1.29 is 19.2 Å². The number of hydroxylamine groups is 2. The minimum absolute atomic E-state index is 0.0580. The summed E-state index contributed by atoms with van der Waals surface area (Å²) in [5.74, 6) is 5.49. The largest absolute Gasteiger partial charge is 0.497 e. The van der Waals surface area contributed by atoms with E-state index in [-0.39, 0.29) is 6.61 Å². The van der Waals surface area contributed by atoms with E-state index in [1.807, 2.05) is 12.1 Å². The second kappa shape index (κ2) is 6.34. The van der Waals surface area contributed by atoms with Gasteiger partial charge in [-0.15, -0.1) is 5.06 Å². The summed E-state index contributed by atoms with van der Waals surface area (Å²) < 4.78 is 5.06. The average molecular weight is 307 g/mol. The Labute approximate surface area is 133 Å². The zero-order valence-corrected chi connectivity index (χ0v) is 12.4. The molecule has 1 heterocycles. The van der Waals surface area contributed by atoms with Gasteiger partial charge in [0.2, 0.25) is 0 Å². The van der Waals surface area contributed by atoms with Crippen molar-refractivity contribution in [3.05, 3.63) is 65.2 Å². The number of methoxy groups -OCH3 is 1. The van der Waals surface area contributed by atoms with Crippen LogP contribution >= 0.6 is 0 Å². The molecule has 2 aromatic carbocycles. The molecule has 2 amide bonds. The molecular formula is C18H13NO4. The van der Waals surface area contributed by atoms with E-state index in [4.69, 9.17) is 9.57 Å². The van der Waals surface area contributed by atoms with Gasteiger partial charge >= 0.3 is 0 Å². The highest BCUT2D eigenvalue weighted by Crippen LogP contribution is 2.22. The Balaban J connectivity index is 1.63. The van der Waals surface area contributed by atoms with E-state index in [2.05, 4.69) is 11.8 Å². The van der Waals surface area contributed by atoms with Crippen molar-refractivity contribution in [1.29, 1.82) is 0 Å². The van der Waals surface area contributed by atoms with Crippen molar-refractivity contribution in [2.45, 2.75) is 0 Å². The van der Waals surface area contributed by atoms with Gasteiger partial charge in [0.15, 0.2) is 0 Å². The number of hydrogen-bond donors (Lipinski definition) is 0. The summed E-state index contributed by atoms with van der Waals surface area (Å²) in [5, 5.41) is 0.757. The normalized spacial score (nSPS) is 12.7. The summed E-state index contributed by atoms with van der Waals surface area (Å²) in [6, 6.07) is 13.8. The van der Waals surface area contributed by atoms with Gasteiger partial charge in [-0.05, 0) is 36.4 Å². The van der Waals surface area contributed by atoms with Crippen LogP contribution in [0.5, 0.6) is 5.75 Å². The fraction of sp³-hybridized carbons (Fsp3) is 0.111. The molecule has 0 radical (unpaired) electrons. The third-order valence-electron chi connectivity index (χ3n) is 3.35. The van der Waals surface area contributed by atoms with E-state index in [0.29, 0.717) is 11.1 Å². The molecule has 1 aliphatic rings. The average Bonchev–Trinajstić information content (AvgIpc) is 2.84. The lowest BCUT2D eigenvalue weighted by atomic mass is 10.1. The molecule has 0 saturated heterocycles. The summed E-state index contributed by atoms with van der Waals surface area (Å²) in [7, 11) is 1.59. The molecule has 0 saturated carbocycles. The minimum Gasteiger partial charge on any atom is -0.497 e. The lowest BCUT2D eigenvalue weighted by Crippen LogP contribution is -2.30. The Morgan fingerprint density at radius 2 is 1.57 bits per heavy atom. The maximum absolute atomic E-state index is 12.1. The minimum atomic E-state index is -0.461. The first-order valence-corrected chi connectivity index (χ1v) is 6.94. The van der Waals surface area contributed by atoms with Crippen LogP contribution < -0.4 is 4.74 Å². The van der Waals surface area contributed by atoms with Crippen LogP contribution in [0.3, 0.4) is 0 Å². The molecule has 0 spiro atoms. The molecule has 114 valence electrons. The van der Waals surface area contributed by atoms with Gasteiger partial charge in [0.1, 0.15) is 12.4 Å². The first-order valence-electron chi connectivity index (χ1n) is 6.94. The zero-order valence-electron chi connectivity index (χ0n) is 12.4. The standard InChI is InChI=1S/C18H13NO4/c1-22-14-10-8-13(9-11-14)5-4-12-23-19-17(20)15-6-2-3-7-16(15)18(19)21/h2-3,6-11H,12H2,1H3. The number of carbonyl (C=O) groups excluding carboxylic acids is 2. The second-order valence-corrected chi connectivity index (χ2v) is 4.75. The number of nitrogens with zero attached hydrogens (tertiary/aromatic N) is 1. The molecule has 0 atom stereocenters. The van der Waals surface area contributed by atoms with Gasteiger partial charge in [-0.1, -0.05) is 24.0 Å². The first kappa shape index (κ1) is 14.8. The third-order valence-corrected chi connectivity index (χ3v) is 3.35. The van der Waals surface area contributed by atoms with E-state index >= 15 is 0 Å². The Bertz CT molecular complexity index is 780. The van der Waals surface area contributed by atoms with Crippen molar-refractivity contribution in [1.82, 2.24) is 5.06 Å². The lowest BCUT2D eigenvalue weighted by Gasteiger charge is -2.10. The molecule has 0 aromatic heterocycles. The summed E-state index contributed by atoms with van der Waals surface area (Å²) in [6.45, 7) is -0.0580. The molecule has 5 heteroatoms. The van der Waals surface area contributed by atoms with Crippen molar-refractivity contribution in [3.8, 4) is 17.6 Å². The van der Waals surface area contributed by atoms with Gasteiger partial charge in [-0.25, -0.2) is 4.84 Å². The summed E-state index contributed by atoms with van der Waals surface area (Å²) in [6.07, 6.45) is 0. The van der Waals surface area contributed by atoms with Crippen LogP contribution in [0.1, 0.15) is 26.3 Å². The number of carbonyl (C=O) groups is 2. The Morgan fingerprint density at radius 3 is 2.13 bits per heavy atom. The van der Waals surface area contributed by atoms with Crippen molar-refractivity contribution in [2.24, 2.45) is 0 Å². The molecular weight excluding hydrogens is 294 g/mol. The SMILES string of the molecule is COc1ccc(C#CCON2C(=O)c3ccccc3C2=O)cc1. The van der Waals surface area contributed by atoms with Crippen molar-refractivity contribution in [3.63, 3.8) is 0 Å². The topological polar surface area (TPSA) is 55.8 Å². The van der Waals surface area contributed by atoms with Gasteiger partial charge in [0.25, 0.3) is 11.8 Å². The van der Waals surface area contributed by atoms with Crippen LogP contribution in [0, 0.1) is 11.8 Å². The number of amides is 2. The van der Waals surface area contributed by atoms with Gasteiger partial charge < -0.3 is 4.74 Å². The van der Waals surface area contributed by atoms with E-state index < -0.39 is 11.8 Å².